The van der Waals surface area contributed by atoms with E-state index in [1.54, 1.807) is 0 Å². The quantitative estimate of drug-likeness (QED) is 0.392. The lowest BCUT2D eigenvalue weighted by Gasteiger charge is -2.39. The maximum atomic E-state index is 12.5. The van der Waals surface area contributed by atoms with Crippen molar-refractivity contribution in [3.05, 3.63) is 42.5 Å². The number of hydrogen-bond donors (Lipinski definition) is 2. The summed E-state index contributed by atoms with van der Waals surface area (Å²) in [5.41, 5.74) is 10.9. The Morgan fingerprint density at radius 3 is 2.38 bits per heavy atom. The number of anilines is 2. The van der Waals surface area contributed by atoms with Gasteiger partial charge >= 0.3 is 6.09 Å². The molecule has 1 heterocycles. The van der Waals surface area contributed by atoms with E-state index in [4.69, 9.17) is 15.2 Å². The highest BCUT2D eigenvalue weighted by atomic mass is 16.6. The summed E-state index contributed by atoms with van der Waals surface area (Å²) < 4.78 is 13.9. The van der Waals surface area contributed by atoms with Gasteiger partial charge in [-0.25, -0.2) is 4.79 Å². The van der Waals surface area contributed by atoms with Crippen LogP contribution in [-0.2, 0) is 4.74 Å². The van der Waals surface area contributed by atoms with E-state index in [-0.39, 0.29) is 0 Å². The van der Waals surface area contributed by atoms with Crippen LogP contribution in [0.3, 0.4) is 0 Å². The highest BCUT2D eigenvalue weighted by Gasteiger charge is 2.37. The molecule has 0 bridgehead atoms. The molecule has 0 radical (unpaired) electrons. The van der Waals surface area contributed by atoms with E-state index in [2.05, 4.69) is 22.0 Å². The second kappa shape index (κ2) is 8.90. The van der Waals surface area contributed by atoms with Gasteiger partial charge in [-0.15, -0.1) is 0 Å². The predicted octanol–water partition coefficient (Wildman–Crippen LogP) is 7.14. The molecule has 1 aromatic heterocycles. The number of nitrogens with two attached hydrogens (primary N) is 1. The van der Waals surface area contributed by atoms with E-state index in [1.807, 2.05) is 51.1 Å². The van der Waals surface area contributed by atoms with Gasteiger partial charge in [0.05, 0.1) is 23.5 Å². The summed E-state index contributed by atoms with van der Waals surface area (Å²) in [7, 11) is 0. The molecule has 5 rings (SSSR count). The third-order valence-electron chi connectivity index (χ3n) is 7.61. The number of carbonyl (C=O) groups is 1. The van der Waals surface area contributed by atoms with Crippen LogP contribution in [0.4, 0.5) is 16.2 Å². The van der Waals surface area contributed by atoms with Crippen LogP contribution in [0.25, 0.3) is 22.2 Å². The number of carbonyl (C=O) groups excluding carboxylic acids is 1. The van der Waals surface area contributed by atoms with Gasteiger partial charge in [-0.2, -0.15) is 0 Å². The number of nitrogen functional groups attached to an aromatic ring is 1. The van der Waals surface area contributed by atoms with Gasteiger partial charge in [0.25, 0.3) is 0 Å². The van der Waals surface area contributed by atoms with Gasteiger partial charge in [0.1, 0.15) is 11.4 Å². The Morgan fingerprint density at radius 1 is 1.09 bits per heavy atom. The Hall–Kier alpha value is -3.15. The highest BCUT2D eigenvalue weighted by Crippen LogP contribution is 2.45. The van der Waals surface area contributed by atoms with E-state index < -0.39 is 11.7 Å². The van der Waals surface area contributed by atoms with Gasteiger partial charge in [-0.1, -0.05) is 18.6 Å². The Balaban J connectivity index is 1.41. The largest absolute Gasteiger partial charge is 0.494 e. The number of rotatable bonds is 7. The van der Waals surface area contributed by atoms with Crippen molar-refractivity contribution >= 4 is 28.4 Å². The van der Waals surface area contributed by atoms with Gasteiger partial charge in [-0.3, -0.25) is 5.32 Å². The molecule has 2 aliphatic carbocycles. The number of ether oxygens (including phenoxy) is 2. The van der Waals surface area contributed by atoms with Crippen LogP contribution in [0, 0.1) is 5.92 Å². The molecule has 0 unspecified atom stereocenters. The van der Waals surface area contributed by atoms with Crippen LogP contribution in [0.2, 0.25) is 0 Å². The molecular formula is C28H35N3O3. The molecule has 0 aliphatic heterocycles. The molecule has 1 amide bonds. The van der Waals surface area contributed by atoms with Crippen LogP contribution < -0.4 is 15.8 Å². The minimum atomic E-state index is -0.444. The number of amides is 1. The molecule has 6 heteroatoms. The van der Waals surface area contributed by atoms with Gasteiger partial charge in [0.2, 0.25) is 0 Å². The fourth-order valence-electron chi connectivity index (χ4n) is 5.17. The van der Waals surface area contributed by atoms with Crippen molar-refractivity contribution in [3.63, 3.8) is 0 Å². The molecule has 6 nitrogen and oxygen atoms in total. The number of nitrogens with one attached hydrogen (secondary N) is 1. The minimum Gasteiger partial charge on any atom is -0.494 e. The number of nitrogens with zero attached hydrogens (tertiary/aromatic N) is 1. The second-order valence-corrected chi connectivity index (χ2v) is 10.2. The number of fused-ring (bicyclic) bond motifs is 1. The van der Waals surface area contributed by atoms with Crippen molar-refractivity contribution in [2.24, 2.45) is 5.92 Å². The van der Waals surface area contributed by atoms with Crippen molar-refractivity contribution in [2.75, 3.05) is 17.7 Å². The maximum Gasteiger partial charge on any atom is 0.412 e. The summed E-state index contributed by atoms with van der Waals surface area (Å²) in [6.07, 6.45) is 6.59. The van der Waals surface area contributed by atoms with Crippen LogP contribution in [-0.4, -0.2) is 22.9 Å². The van der Waals surface area contributed by atoms with E-state index in [9.17, 15) is 4.79 Å². The summed E-state index contributed by atoms with van der Waals surface area (Å²) in [5, 5.41) is 3.94. The highest BCUT2D eigenvalue weighted by molar-refractivity contribution is 6.01. The summed E-state index contributed by atoms with van der Waals surface area (Å²) in [6, 6.07) is 14.5. The molecule has 0 spiro atoms. The fourth-order valence-corrected chi connectivity index (χ4v) is 5.17. The van der Waals surface area contributed by atoms with Crippen molar-refractivity contribution < 1.29 is 14.3 Å². The number of aromatic nitrogens is 1. The Morgan fingerprint density at radius 2 is 1.79 bits per heavy atom. The van der Waals surface area contributed by atoms with Crippen molar-refractivity contribution in [3.8, 4) is 17.0 Å². The van der Waals surface area contributed by atoms with Crippen LogP contribution in [0.15, 0.2) is 42.5 Å². The zero-order valence-electron chi connectivity index (χ0n) is 20.4. The average Bonchev–Trinajstić information content (AvgIpc) is 2.97. The molecule has 3 aromatic rings. The van der Waals surface area contributed by atoms with E-state index in [1.165, 1.54) is 12.8 Å². The average molecular weight is 462 g/mol. The maximum absolute atomic E-state index is 12.5. The topological polar surface area (TPSA) is 78.5 Å². The lowest BCUT2D eigenvalue weighted by Crippen LogP contribution is -2.41. The first-order valence-electron chi connectivity index (χ1n) is 12.5. The lowest BCUT2D eigenvalue weighted by molar-refractivity contribution is -0.0276. The SMILES string of the molecule is CCOc1ccc2c(N)c(-c3ccc(NC(=O)OC(C)(C)C4CCC4)cc3)n(C3CCC3)c2c1. The minimum absolute atomic E-state index is 0.406. The third kappa shape index (κ3) is 4.10. The van der Waals surface area contributed by atoms with Gasteiger partial charge in [0.15, 0.2) is 0 Å². The fraction of sp³-hybridized carbons (Fsp3) is 0.464. The second-order valence-electron chi connectivity index (χ2n) is 10.2. The molecule has 2 aliphatic rings. The molecule has 2 saturated carbocycles. The first-order valence-corrected chi connectivity index (χ1v) is 12.5. The van der Waals surface area contributed by atoms with Crippen LogP contribution >= 0.6 is 0 Å². The molecule has 0 atom stereocenters. The zero-order valence-corrected chi connectivity index (χ0v) is 20.4. The summed E-state index contributed by atoms with van der Waals surface area (Å²) in [5.74, 6) is 1.31. The Labute approximate surface area is 201 Å². The van der Waals surface area contributed by atoms with E-state index in [0.717, 1.165) is 59.3 Å². The monoisotopic (exact) mass is 461 g/mol. The van der Waals surface area contributed by atoms with Crippen molar-refractivity contribution in [2.45, 2.75) is 70.9 Å². The summed E-state index contributed by atoms with van der Waals surface area (Å²) in [6.45, 7) is 6.62. The number of benzene rings is 2. The van der Waals surface area contributed by atoms with Crippen LogP contribution in [0.5, 0.6) is 5.75 Å². The zero-order chi connectivity index (χ0) is 23.9. The van der Waals surface area contributed by atoms with Gasteiger partial charge < -0.3 is 19.8 Å². The molecule has 2 fully saturated rings. The first-order chi connectivity index (χ1) is 16.4. The number of hydrogen-bond acceptors (Lipinski definition) is 4. The molecule has 0 saturated heterocycles. The van der Waals surface area contributed by atoms with Gasteiger partial charge in [0, 0.05) is 28.7 Å². The first kappa shape index (κ1) is 22.6. The third-order valence-corrected chi connectivity index (χ3v) is 7.61. The van der Waals surface area contributed by atoms with E-state index >= 15 is 0 Å². The summed E-state index contributed by atoms with van der Waals surface area (Å²) in [4.78, 5) is 12.5. The van der Waals surface area contributed by atoms with Gasteiger partial charge in [-0.05, 0) is 83.1 Å². The van der Waals surface area contributed by atoms with Crippen molar-refractivity contribution in [1.29, 1.82) is 0 Å². The lowest BCUT2D eigenvalue weighted by atomic mass is 9.74. The van der Waals surface area contributed by atoms with E-state index in [0.29, 0.717) is 24.3 Å². The normalized spacial score (nSPS) is 16.7. The molecule has 180 valence electrons. The Bertz CT molecular complexity index is 1190. The van der Waals surface area contributed by atoms with Crippen molar-refractivity contribution in [1.82, 2.24) is 4.57 Å². The molecular weight excluding hydrogens is 426 g/mol. The van der Waals surface area contributed by atoms with Crippen LogP contribution in [0.1, 0.15) is 65.3 Å². The summed E-state index contributed by atoms with van der Waals surface area (Å²) >= 11 is 0. The molecule has 3 N–H and O–H groups in total. The Kier molecular flexibility index (Phi) is 5.92. The molecule has 34 heavy (non-hydrogen) atoms. The smallest absolute Gasteiger partial charge is 0.412 e. The molecule has 2 aromatic carbocycles. The predicted molar refractivity (Wildman–Crippen MR) is 137 cm³/mol. The standard InChI is InChI=1S/C28H35N3O3/c1-4-33-22-15-16-23-24(17-22)31(21-9-6-10-21)26(25(23)29)18-11-13-20(14-12-18)30-27(32)34-28(2,3)19-7-5-8-19/h11-17,19,21H,4-10,29H2,1-3H3,(H,30,32).